The van der Waals surface area contributed by atoms with Crippen LogP contribution in [0.2, 0.25) is 10.0 Å². The van der Waals surface area contributed by atoms with E-state index in [2.05, 4.69) is 28.5 Å². The average Bonchev–Trinajstić information content (AvgIpc) is 3.37. The molecule has 0 spiro atoms. The first-order valence-electron chi connectivity index (χ1n) is 10.2. The number of aromatic nitrogens is 3. The third-order valence-electron chi connectivity index (χ3n) is 5.69. The normalized spacial score (nSPS) is 15.4. The van der Waals surface area contributed by atoms with Crippen LogP contribution in [-0.4, -0.2) is 27.9 Å². The molecule has 0 amide bonds. The van der Waals surface area contributed by atoms with Gasteiger partial charge in [-0.15, -0.1) is 0 Å². The van der Waals surface area contributed by atoms with Crippen LogP contribution in [0.1, 0.15) is 35.7 Å². The van der Waals surface area contributed by atoms with Gasteiger partial charge in [-0.2, -0.15) is 5.10 Å². The van der Waals surface area contributed by atoms with Gasteiger partial charge in [0.15, 0.2) is 0 Å². The van der Waals surface area contributed by atoms with Crippen LogP contribution in [0, 0.1) is 0 Å². The highest BCUT2D eigenvalue weighted by Crippen LogP contribution is 2.28. The SMILES string of the molecule is Clc1ccc(-n2nc(C3CCNCC3)cc2/C=C/c2c[nH]c3ccc(Cl)cc23)cc1. The predicted octanol–water partition coefficient (Wildman–Crippen LogP) is 6.30. The highest BCUT2D eigenvalue weighted by molar-refractivity contribution is 6.31. The Morgan fingerprint density at radius 3 is 2.50 bits per heavy atom. The maximum atomic E-state index is 6.20. The number of aromatic amines is 1. The number of hydrogen-bond donors (Lipinski definition) is 2. The lowest BCUT2D eigenvalue weighted by molar-refractivity contribution is 0.451. The monoisotopic (exact) mass is 436 g/mol. The van der Waals surface area contributed by atoms with E-state index in [0.717, 1.165) is 69.5 Å². The lowest BCUT2D eigenvalue weighted by atomic mass is 9.94. The van der Waals surface area contributed by atoms with Crippen LogP contribution in [0.4, 0.5) is 0 Å². The Morgan fingerprint density at radius 2 is 1.70 bits per heavy atom. The third-order valence-corrected chi connectivity index (χ3v) is 6.18. The molecule has 0 aliphatic carbocycles. The van der Waals surface area contributed by atoms with E-state index in [1.165, 1.54) is 0 Å². The quantitative estimate of drug-likeness (QED) is 0.394. The molecule has 1 saturated heterocycles. The summed E-state index contributed by atoms with van der Waals surface area (Å²) in [7, 11) is 0. The van der Waals surface area contributed by atoms with Crippen LogP contribution < -0.4 is 5.32 Å². The fourth-order valence-electron chi connectivity index (χ4n) is 4.07. The number of nitrogens with one attached hydrogen (secondary N) is 2. The van der Waals surface area contributed by atoms with E-state index in [1.807, 2.05) is 53.3 Å². The average molecular weight is 437 g/mol. The molecule has 2 N–H and O–H groups in total. The fraction of sp³-hybridized carbons (Fsp3) is 0.208. The Kier molecular flexibility index (Phi) is 5.38. The van der Waals surface area contributed by atoms with E-state index < -0.39 is 0 Å². The Hall–Kier alpha value is -2.53. The summed E-state index contributed by atoms with van der Waals surface area (Å²) in [4.78, 5) is 3.31. The van der Waals surface area contributed by atoms with Crippen molar-refractivity contribution in [2.24, 2.45) is 0 Å². The van der Waals surface area contributed by atoms with Gasteiger partial charge in [0.1, 0.15) is 0 Å². The minimum absolute atomic E-state index is 0.485. The minimum Gasteiger partial charge on any atom is -0.361 e. The highest BCUT2D eigenvalue weighted by atomic mass is 35.5. The van der Waals surface area contributed by atoms with Gasteiger partial charge in [-0.05, 0) is 86.1 Å². The van der Waals surface area contributed by atoms with Gasteiger partial charge in [-0.3, -0.25) is 0 Å². The Labute approximate surface area is 185 Å². The number of piperidine rings is 1. The largest absolute Gasteiger partial charge is 0.361 e. The maximum absolute atomic E-state index is 6.20. The number of fused-ring (bicyclic) bond motifs is 1. The molecule has 3 heterocycles. The van der Waals surface area contributed by atoms with Gasteiger partial charge in [-0.1, -0.05) is 29.3 Å². The molecular weight excluding hydrogens is 415 g/mol. The van der Waals surface area contributed by atoms with Crippen molar-refractivity contribution >= 4 is 46.3 Å². The molecule has 0 unspecified atom stereocenters. The van der Waals surface area contributed by atoms with Crippen molar-refractivity contribution in [1.82, 2.24) is 20.1 Å². The molecule has 5 rings (SSSR count). The topological polar surface area (TPSA) is 45.6 Å². The van der Waals surface area contributed by atoms with Gasteiger partial charge >= 0.3 is 0 Å². The molecule has 2 aromatic carbocycles. The molecule has 0 radical (unpaired) electrons. The summed E-state index contributed by atoms with van der Waals surface area (Å²) in [5, 5.41) is 11.0. The van der Waals surface area contributed by atoms with Gasteiger partial charge in [0.05, 0.1) is 17.1 Å². The van der Waals surface area contributed by atoms with Crippen molar-refractivity contribution in [2.45, 2.75) is 18.8 Å². The van der Waals surface area contributed by atoms with Crippen LogP contribution in [-0.2, 0) is 0 Å². The second kappa shape index (κ2) is 8.31. The summed E-state index contributed by atoms with van der Waals surface area (Å²) >= 11 is 12.3. The van der Waals surface area contributed by atoms with Gasteiger partial charge in [0, 0.05) is 33.1 Å². The van der Waals surface area contributed by atoms with Crippen molar-refractivity contribution < 1.29 is 0 Å². The van der Waals surface area contributed by atoms with E-state index in [4.69, 9.17) is 28.3 Å². The molecule has 4 nitrogen and oxygen atoms in total. The molecule has 0 saturated carbocycles. The molecule has 0 atom stereocenters. The molecule has 0 bridgehead atoms. The number of hydrogen-bond acceptors (Lipinski definition) is 2. The van der Waals surface area contributed by atoms with Gasteiger partial charge in [-0.25, -0.2) is 4.68 Å². The molecule has 1 fully saturated rings. The van der Waals surface area contributed by atoms with Crippen molar-refractivity contribution in [3.05, 3.63) is 81.7 Å². The lowest BCUT2D eigenvalue weighted by Gasteiger charge is -2.20. The van der Waals surface area contributed by atoms with Crippen molar-refractivity contribution in [2.75, 3.05) is 13.1 Å². The smallest absolute Gasteiger partial charge is 0.0671 e. The van der Waals surface area contributed by atoms with Gasteiger partial charge < -0.3 is 10.3 Å². The number of halogens is 2. The second-order valence-corrected chi connectivity index (χ2v) is 8.55. The number of H-pyrrole nitrogens is 1. The van der Waals surface area contributed by atoms with E-state index in [1.54, 1.807) is 0 Å². The van der Waals surface area contributed by atoms with Gasteiger partial charge in [0.25, 0.3) is 0 Å². The summed E-state index contributed by atoms with van der Waals surface area (Å²) in [5.74, 6) is 0.485. The van der Waals surface area contributed by atoms with Crippen molar-refractivity contribution in [3.63, 3.8) is 0 Å². The Morgan fingerprint density at radius 1 is 0.933 bits per heavy atom. The van der Waals surface area contributed by atoms with E-state index in [0.29, 0.717) is 5.92 Å². The zero-order valence-corrected chi connectivity index (χ0v) is 17.9. The first kappa shape index (κ1) is 19.4. The molecule has 4 aromatic rings. The Balaban J connectivity index is 1.55. The summed E-state index contributed by atoms with van der Waals surface area (Å²) in [6.07, 6.45) is 8.47. The van der Waals surface area contributed by atoms with Crippen LogP contribution in [0.25, 0.3) is 28.7 Å². The first-order valence-corrected chi connectivity index (χ1v) is 10.9. The zero-order chi connectivity index (χ0) is 20.5. The van der Waals surface area contributed by atoms with Crippen LogP contribution in [0.5, 0.6) is 0 Å². The van der Waals surface area contributed by atoms with Crippen molar-refractivity contribution in [1.29, 1.82) is 0 Å². The molecular formula is C24H22Cl2N4. The molecule has 30 heavy (non-hydrogen) atoms. The Bertz CT molecular complexity index is 1200. The van der Waals surface area contributed by atoms with E-state index >= 15 is 0 Å². The lowest BCUT2D eigenvalue weighted by Crippen LogP contribution is -2.26. The highest BCUT2D eigenvalue weighted by Gasteiger charge is 2.20. The van der Waals surface area contributed by atoms with Crippen molar-refractivity contribution in [3.8, 4) is 5.69 Å². The summed E-state index contributed by atoms with van der Waals surface area (Å²) in [6, 6.07) is 15.9. The molecule has 1 aliphatic heterocycles. The van der Waals surface area contributed by atoms with E-state index in [9.17, 15) is 0 Å². The molecule has 1 aliphatic rings. The molecule has 2 aromatic heterocycles. The van der Waals surface area contributed by atoms with Crippen LogP contribution >= 0.6 is 23.2 Å². The standard InChI is InChI=1S/C24H22Cl2N4/c25-18-2-6-20(7-3-18)30-21(14-24(29-30)16-9-11-27-12-10-16)5-1-17-15-28-23-8-4-19(26)13-22(17)23/h1-8,13-16,27-28H,9-12H2/b5-1+. The zero-order valence-electron chi connectivity index (χ0n) is 16.4. The molecule has 152 valence electrons. The van der Waals surface area contributed by atoms with Crippen LogP contribution in [0.15, 0.2) is 54.7 Å². The fourth-order valence-corrected chi connectivity index (χ4v) is 4.37. The number of benzene rings is 2. The summed E-state index contributed by atoms with van der Waals surface area (Å²) < 4.78 is 2.01. The first-order chi connectivity index (χ1) is 14.7. The number of nitrogens with zero attached hydrogens (tertiary/aromatic N) is 2. The summed E-state index contributed by atoms with van der Waals surface area (Å²) in [5.41, 5.74) is 5.36. The maximum Gasteiger partial charge on any atom is 0.0671 e. The van der Waals surface area contributed by atoms with Crippen LogP contribution in [0.3, 0.4) is 0 Å². The predicted molar refractivity (Wildman–Crippen MR) is 126 cm³/mol. The van der Waals surface area contributed by atoms with Gasteiger partial charge in [0.2, 0.25) is 0 Å². The second-order valence-electron chi connectivity index (χ2n) is 7.67. The number of rotatable bonds is 4. The third kappa shape index (κ3) is 3.91. The minimum atomic E-state index is 0.485. The molecule has 6 heteroatoms. The summed E-state index contributed by atoms with van der Waals surface area (Å²) in [6.45, 7) is 2.08. The van der Waals surface area contributed by atoms with E-state index in [-0.39, 0.29) is 0 Å².